The van der Waals surface area contributed by atoms with Gasteiger partial charge >= 0.3 is 0 Å². The van der Waals surface area contributed by atoms with Crippen molar-refractivity contribution in [3.63, 3.8) is 0 Å². The highest BCUT2D eigenvalue weighted by Crippen LogP contribution is 2.24. The normalized spacial score (nSPS) is 12.5. The average molecular weight is 190 g/mol. The Balaban J connectivity index is 3.15. The molecule has 11 heavy (non-hydrogen) atoms. The summed E-state index contributed by atoms with van der Waals surface area (Å²) in [6.07, 6.45) is 1.44. The summed E-state index contributed by atoms with van der Waals surface area (Å²) in [7, 11) is -0.269. The molecule has 0 aliphatic rings. The first-order chi connectivity index (χ1) is 4.92. The molecule has 0 N–H and O–H groups in total. The van der Waals surface area contributed by atoms with Crippen LogP contribution in [0.4, 0.5) is 0 Å². The summed E-state index contributed by atoms with van der Waals surface area (Å²) in [4.78, 5) is 0. The van der Waals surface area contributed by atoms with Crippen molar-refractivity contribution in [3.8, 4) is 0 Å². The van der Waals surface area contributed by atoms with Crippen LogP contribution >= 0.6 is 11.8 Å². The SMILES string of the molecule is C[SiH](C)CCCSC(C)(C)C. The third-order valence-electron chi connectivity index (χ3n) is 1.46. The highest BCUT2D eigenvalue weighted by Gasteiger charge is 2.09. The van der Waals surface area contributed by atoms with Crippen LogP contribution in [0.5, 0.6) is 0 Å². The summed E-state index contributed by atoms with van der Waals surface area (Å²) in [5.74, 6) is 1.36. The van der Waals surface area contributed by atoms with Crippen LogP contribution in [0.25, 0.3) is 0 Å². The van der Waals surface area contributed by atoms with Crippen molar-refractivity contribution < 1.29 is 0 Å². The van der Waals surface area contributed by atoms with Crippen molar-refractivity contribution in [1.29, 1.82) is 0 Å². The van der Waals surface area contributed by atoms with Crippen LogP contribution < -0.4 is 0 Å². The second kappa shape index (κ2) is 5.25. The Labute approximate surface area is 77.8 Å². The van der Waals surface area contributed by atoms with Crippen molar-refractivity contribution in [3.05, 3.63) is 0 Å². The van der Waals surface area contributed by atoms with E-state index < -0.39 is 0 Å². The first kappa shape index (κ1) is 11.6. The third-order valence-corrected chi connectivity index (χ3v) is 4.38. The molecule has 0 fully saturated rings. The van der Waals surface area contributed by atoms with Gasteiger partial charge in [-0.2, -0.15) is 11.8 Å². The maximum absolute atomic E-state index is 2.43. The minimum absolute atomic E-state index is 0.269. The van der Waals surface area contributed by atoms with Crippen LogP contribution in [-0.2, 0) is 0 Å². The first-order valence-corrected chi connectivity index (χ1v) is 8.67. The molecule has 0 nitrogen and oxygen atoms in total. The molecule has 0 aliphatic heterocycles. The van der Waals surface area contributed by atoms with Crippen LogP contribution in [0.2, 0.25) is 19.1 Å². The van der Waals surface area contributed by atoms with Gasteiger partial charge in [0.15, 0.2) is 0 Å². The molecule has 0 saturated carbocycles. The fourth-order valence-electron chi connectivity index (χ4n) is 0.870. The summed E-state index contributed by atoms with van der Waals surface area (Å²) in [5.41, 5.74) is 0. The highest BCUT2D eigenvalue weighted by molar-refractivity contribution is 8.00. The first-order valence-electron chi connectivity index (χ1n) is 4.56. The Bertz CT molecular complexity index is 94.2. The molecule has 0 saturated heterocycles. The molecule has 0 aromatic rings. The number of hydrogen-bond acceptors (Lipinski definition) is 1. The Hall–Kier alpha value is 0.567. The lowest BCUT2D eigenvalue weighted by atomic mass is 10.3. The molecule has 0 atom stereocenters. The third kappa shape index (κ3) is 10.6. The van der Waals surface area contributed by atoms with Gasteiger partial charge in [0.1, 0.15) is 0 Å². The summed E-state index contributed by atoms with van der Waals surface area (Å²) >= 11 is 2.10. The second-order valence-electron chi connectivity index (χ2n) is 4.50. The van der Waals surface area contributed by atoms with E-state index in [0.29, 0.717) is 4.75 Å². The standard InChI is InChI=1S/C9H22SSi/c1-9(2,3)10-7-6-8-11(4)5/h11H,6-8H2,1-5H3. The van der Waals surface area contributed by atoms with E-state index >= 15 is 0 Å². The van der Waals surface area contributed by atoms with Gasteiger partial charge in [-0.1, -0.05) is 39.9 Å². The highest BCUT2D eigenvalue weighted by atomic mass is 32.2. The van der Waals surface area contributed by atoms with Crippen molar-refractivity contribution in [1.82, 2.24) is 0 Å². The van der Waals surface area contributed by atoms with Gasteiger partial charge in [0.2, 0.25) is 0 Å². The predicted octanol–water partition coefficient (Wildman–Crippen LogP) is 3.39. The molecule has 0 aromatic carbocycles. The Morgan fingerprint density at radius 1 is 1.18 bits per heavy atom. The fourth-order valence-corrected chi connectivity index (χ4v) is 3.11. The van der Waals surface area contributed by atoms with Crippen LogP contribution in [0.1, 0.15) is 27.2 Å². The molecule has 0 unspecified atom stereocenters. The van der Waals surface area contributed by atoms with E-state index in [-0.39, 0.29) is 8.80 Å². The summed E-state index contributed by atoms with van der Waals surface area (Å²) < 4.78 is 0.471. The smallest absolute Gasteiger partial charge is 0.0305 e. The van der Waals surface area contributed by atoms with E-state index in [0.717, 1.165) is 0 Å². The maximum atomic E-state index is 2.43. The second-order valence-corrected chi connectivity index (χ2v) is 9.78. The van der Waals surface area contributed by atoms with Crippen molar-refractivity contribution >= 4 is 20.6 Å². The molecule has 0 amide bonds. The topological polar surface area (TPSA) is 0 Å². The lowest BCUT2D eigenvalue weighted by Gasteiger charge is -2.17. The van der Waals surface area contributed by atoms with Gasteiger partial charge in [-0.3, -0.25) is 0 Å². The quantitative estimate of drug-likeness (QED) is 0.484. The molecule has 0 heterocycles. The van der Waals surface area contributed by atoms with E-state index in [1.54, 1.807) is 0 Å². The van der Waals surface area contributed by atoms with Crippen molar-refractivity contribution in [2.75, 3.05) is 5.75 Å². The number of rotatable bonds is 4. The zero-order valence-electron chi connectivity index (χ0n) is 8.61. The van der Waals surface area contributed by atoms with Gasteiger partial charge in [0.25, 0.3) is 0 Å². The minimum atomic E-state index is -0.269. The van der Waals surface area contributed by atoms with Gasteiger partial charge in [-0.05, 0) is 12.2 Å². The maximum Gasteiger partial charge on any atom is 0.0305 e. The predicted molar refractivity (Wildman–Crippen MR) is 60.5 cm³/mol. The Morgan fingerprint density at radius 3 is 2.09 bits per heavy atom. The average Bonchev–Trinajstić information content (AvgIpc) is 1.78. The molecular weight excluding hydrogens is 168 g/mol. The van der Waals surface area contributed by atoms with E-state index in [2.05, 4.69) is 45.6 Å². The van der Waals surface area contributed by atoms with Gasteiger partial charge in [-0.25, -0.2) is 0 Å². The van der Waals surface area contributed by atoms with E-state index in [4.69, 9.17) is 0 Å². The van der Waals surface area contributed by atoms with E-state index in [9.17, 15) is 0 Å². The van der Waals surface area contributed by atoms with Crippen molar-refractivity contribution in [2.24, 2.45) is 0 Å². The fraction of sp³-hybridized carbons (Fsp3) is 1.00. The van der Waals surface area contributed by atoms with Gasteiger partial charge in [0.05, 0.1) is 0 Å². The Kier molecular flexibility index (Phi) is 5.53. The van der Waals surface area contributed by atoms with Gasteiger partial charge in [0, 0.05) is 13.5 Å². The molecule has 0 bridgehead atoms. The molecule has 0 aromatic heterocycles. The summed E-state index contributed by atoms with van der Waals surface area (Å²) in [6.45, 7) is 11.8. The number of thioether (sulfide) groups is 1. The lowest BCUT2D eigenvalue weighted by molar-refractivity contribution is 0.800. The van der Waals surface area contributed by atoms with E-state index in [1.165, 1.54) is 18.2 Å². The molecule has 0 radical (unpaired) electrons. The summed E-state index contributed by atoms with van der Waals surface area (Å²) in [6, 6.07) is 1.52. The lowest BCUT2D eigenvalue weighted by Crippen LogP contribution is -2.09. The van der Waals surface area contributed by atoms with Crippen LogP contribution in [0.15, 0.2) is 0 Å². The number of hydrogen-bond donors (Lipinski definition) is 0. The summed E-state index contributed by atoms with van der Waals surface area (Å²) in [5, 5.41) is 0. The van der Waals surface area contributed by atoms with Crippen LogP contribution in [0.3, 0.4) is 0 Å². The monoisotopic (exact) mass is 190 g/mol. The minimum Gasteiger partial charge on any atom is -0.156 e. The van der Waals surface area contributed by atoms with Crippen molar-refractivity contribution in [2.45, 2.75) is 51.1 Å². The molecule has 0 rings (SSSR count). The van der Waals surface area contributed by atoms with Crippen LogP contribution in [-0.4, -0.2) is 19.3 Å². The van der Waals surface area contributed by atoms with Crippen LogP contribution in [0, 0.1) is 0 Å². The van der Waals surface area contributed by atoms with Gasteiger partial charge < -0.3 is 0 Å². The Morgan fingerprint density at radius 2 is 1.73 bits per heavy atom. The van der Waals surface area contributed by atoms with E-state index in [1.807, 2.05) is 0 Å². The molecule has 2 heteroatoms. The largest absolute Gasteiger partial charge is 0.156 e. The zero-order chi connectivity index (χ0) is 8.91. The molecule has 0 spiro atoms. The molecule has 0 aliphatic carbocycles. The zero-order valence-corrected chi connectivity index (χ0v) is 10.6. The van der Waals surface area contributed by atoms with Gasteiger partial charge in [-0.15, -0.1) is 0 Å². The molecule has 68 valence electrons. The molecular formula is C9H22SSi.